The fourth-order valence-electron chi connectivity index (χ4n) is 2.97. The Morgan fingerprint density at radius 1 is 1.43 bits per heavy atom. The van der Waals surface area contributed by atoms with Gasteiger partial charge < -0.3 is 14.9 Å². The van der Waals surface area contributed by atoms with Crippen molar-refractivity contribution in [2.24, 2.45) is 5.92 Å². The first-order valence-electron chi connectivity index (χ1n) is 7.01. The standard InChI is InChI=1S/C16H21FN2O2/c1-11-9-19(10-14(11)18(2)3)16-12(7-8-15(20)21)5-4-6-13(16)17/h4-8,11,14H,9-10H2,1-3H3,(H,20,21)/b8-7+. The van der Waals surface area contributed by atoms with Crippen LogP contribution in [0.3, 0.4) is 0 Å². The number of carboxylic acid groups (broad SMARTS) is 1. The van der Waals surface area contributed by atoms with Crippen LogP contribution < -0.4 is 4.90 Å². The Labute approximate surface area is 124 Å². The molecule has 114 valence electrons. The first-order chi connectivity index (χ1) is 9.90. The summed E-state index contributed by atoms with van der Waals surface area (Å²) in [4.78, 5) is 14.8. The fraction of sp³-hybridized carbons (Fsp3) is 0.438. The third kappa shape index (κ3) is 3.42. The summed E-state index contributed by atoms with van der Waals surface area (Å²) in [5.41, 5.74) is 1.09. The van der Waals surface area contributed by atoms with Crippen LogP contribution in [0.2, 0.25) is 0 Å². The Morgan fingerprint density at radius 3 is 2.71 bits per heavy atom. The lowest BCUT2D eigenvalue weighted by Gasteiger charge is -2.24. The van der Waals surface area contributed by atoms with Gasteiger partial charge in [-0.25, -0.2) is 9.18 Å². The van der Waals surface area contributed by atoms with E-state index in [1.54, 1.807) is 12.1 Å². The van der Waals surface area contributed by atoms with Gasteiger partial charge in [0.2, 0.25) is 0 Å². The van der Waals surface area contributed by atoms with E-state index in [-0.39, 0.29) is 5.82 Å². The minimum Gasteiger partial charge on any atom is -0.478 e. The van der Waals surface area contributed by atoms with E-state index in [1.807, 2.05) is 19.0 Å². The van der Waals surface area contributed by atoms with Crippen molar-refractivity contribution < 1.29 is 14.3 Å². The van der Waals surface area contributed by atoms with E-state index in [0.29, 0.717) is 23.2 Å². The van der Waals surface area contributed by atoms with E-state index in [1.165, 1.54) is 12.1 Å². The third-order valence-electron chi connectivity index (χ3n) is 3.98. The van der Waals surface area contributed by atoms with Gasteiger partial charge in [-0.1, -0.05) is 19.1 Å². The Kier molecular flexibility index (Phi) is 4.63. The number of aliphatic carboxylic acids is 1. The van der Waals surface area contributed by atoms with Crippen LogP contribution in [-0.4, -0.2) is 49.2 Å². The molecular weight excluding hydrogens is 271 g/mol. The van der Waals surface area contributed by atoms with Crippen LogP contribution in [-0.2, 0) is 4.79 Å². The molecule has 0 bridgehead atoms. The van der Waals surface area contributed by atoms with Gasteiger partial charge in [-0.15, -0.1) is 0 Å². The molecule has 2 atom stereocenters. The highest BCUT2D eigenvalue weighted by molar-refractivity contribution is 5.87. The zero-order chi connectivity index (χ0) is 15.6. The van der Waals surface area contributed by atoms with Crippen LogP contribution in [0.5, 0.6) is 0 Å². The Hall–Kier alpha value is -1.88. The molecule has 1 aromatic carbocycles. The van der Waals surface area contributed by atoms with E-state index in [4.69, 9.17) is 5.11 Å². The molecule has 0 spiro atoms. The molecule has 0 aliphatic carbocycles. The van der Waals surface area contributed by atoms with Gasteiger partial charge in [0.1, 0.15) is 5.82 Å². The number of hydrogen-bond donors (Lipinski definition) is 1. The summed E-state index contributed by atoms with van der Waals surface area (Å²) < 4.78 is 14.2. The molecule has 1 aliphatic rings. The average Bonchev–Trinajstić information content (AvgIpc) is 2.78. The number of para-hydroxylation sites is 1. The van der Waals surface area contributed by atoms with Crippen molar-refractivity contribution in [3.63, 3.8) is 0 Å². The summed E-state index contributed by atoms with van der Waals surface area (Å²) >= 11 is 0. The highest BCUT2D eigenvalue weighted by atomic mass is 19.1. The first-order valence-corrected chi connectivity index (χ1v) is 7.01. The number of rotatable bonds is 4. The number of benzene rings is 1. The Morgan fingerprint density at radius 2 is 2.14 bits per heavy atom. The van der Waals surface area contributed by atoms with Gasteiger partial charge in [0.25, 0.3) is 0 Å². The zero-order valence-electron chi connectivity index (χ0n) is 12.6. The molecule has 0 radical (unpaired) electrons. The number of anilines is 1. The quantitative estimate of drug-likeness (QED) is 0.865. The van der Waals surface area contributed by atoms with Crippen LogP contribution >= 0.6 is 0 Å². The van der Waals surface area contributed by atoms with Gasteiger partial charge >= 0.3 is 5.97 Å². The second kappa shape index (κ2) is 6.26. The van der Waals surface area contributed by atoms with E-state index in [2.05, 4.69) is 11.8 Å². The fourth-order valence-corrected chi connectivity index (χ4v) is 2.97. The number of hydrogen-bond acceptors (Lipinski definition) is 3. The summed E-state index contributed by atoms with van der Waals surface area (Å²) in [5.74, 6) is -0.920. The van der Waals surface area contributed by atoms with Crippen molar-refractivity contribution in [1.82, 2.24) is 4.90 Å². The predicted molar refractivity (Wildman–Crippen MR) is 81.9 cm³/mol. The molecule has 4 nitrogen and oxygen atoms in total. The summed E-state index contributed by atoms with van der Waals surface area (Å²) in [6.07, 6.45) is 2.50. The smallest absolute Gasteiger partial charge is 0.328 e. The van der Waals surface area contributed by atoms with Crippen molar-refractivity contribution in [2.75, 3.05) is 32.1 Å². The van der Waals surface area contributed by atoms with Gasteiger partial charge in [-0.05, 0) is 32.2 Å². The normalized spacial score (nSPS) is 22.4. The SMILES string of the molecule is CC1CN(c2c(F)cccc2/C=C/C(=O)O)CC1N(C)C. The molecule has 1 saturated heterocycles. The molecule has 0 amide bonds. The van der Waals surface area contributed by atoms with Crippen LogP contribution in [0.1, 0.15) is 12.5 Å². The molecule has 1 heterocycles. The lowest BCUT2D eigenvalue weighted by atomic mass is 10.1. The summed E-state index contributed by atoms with van der Waals surface area (Å²) in [7, 11) is 4.05. The molecule has 1 aromatic rings. The highest BCUT2D eigenvalue weighted by Crippen LogP contribution is 2.31. The molecule has 2 rings (SSSR count). The number of nitrogens with zero attached hydrogens (tertiary/aromatic N) is 2. The van der Waals surface area contributed by atoms with Crippen LogP contribution in [0.4, 0.5) is 10.1 Å². The zero-order valence-corrected chi connectivity index (χ0v) is 12.6. The van der Waals surface area contributed by atoms with E-state index in [9.17, 15) is 9.18 Å². The first kappa shape index (κ1) is 15.5. The van der Waals surface area contributed by atoms with Crippen molar-refractivity contribution in [2.45, 2.75) is 13.0 Å². The van der Waals surface area contributed by atoms with Gasteiger partial charge in [0.15, 0.2) is 0 Å². The van der Waals surface area contributed by atoms with E-state index >= 15 is 0 Å². The molecule has 21 heavy (non-hydrogen) atoms. The van der Waals surface area contributed by atoms with Crippen LogP contribution in [0, 0.1) is 11.7 Å². The van der Waals surface area contributed by atoms with Gasteiger partial charge in [-0.3, -0.25) is 0 Å². The molecule has 0 saturated carbocycles. The van der Waals surface area contributed by atoms with Gasteiger partial charge in [-0.2, -0.15) is 0 Å². The number of carboxylic acids is 1. The highest BCUT2D eigenvalue weighted by Gasteiger charge is 2.32. The summed E-state index contributed by atoms with van der Waals surface area (Å²) in [6, 6.07) is 5.12. The molecule has 1 aliphatic heterocycles. The molecule has 5 heteroatoms. The topological polar surface area (TPSA) is 43.8 Å². The largest absolute Gasteiger partial charge is 0.478 e. The maximum Gasteiger partial charge on any atom is 0.328 e. The molecule has 0 aromatic heterocycles. The second-order valence-electron chi connectivity index (χ2n) is 5.76. The molecular formula is C16H21FN2O2. The van der Waals surface area contributed by atoms with Crippen molar-refractivity contribution in [1.29, 1.82) is 0 Å². The Balaban J connectivity index is 2.33. The Bertz CT molecular complexity index is 557. The molecule has 2 unspecified atom stereocenters. The van der Waals surface area contributed by atoms with Crippen molar-refractivity contribution in [3.8, 4) is 0 Å². The number of likely N-dealkylation sites (N-methyl/N-ethyl adjacent to an activating group) is 1. The third-order valence-corrected chi connectivity index (χ3v) is 3.98. The maximum absolute atomic E-state index is 14.2. The maximum atomic E-state index is 14.2. The van der Waals surface area contributed by atoms with Crippen molar-refractivity contribution >= 4 is 17.7 Å². The average molecular weight is 292 g/mol. The predicted octanol–water partition coefficient (Wildman–Crippen LogP) is 2.31. The van der Waals surface area contributed by atoms with Gasteiger partial charge in [0.05, 0.1) is 5.69 Å². The number of carbonyl (C=O) groups is 1. The minimum atomic E-state index is -1.04. The molecule has 1 fully saturated rings. The second-order valence-corrected chi connectivity index (χ2v) is 5.76. The van der Waals surface area contributed by atoms with Crippen molar-refractivity contribution in [3.05, 3.63) is 35.7 Å². The van der Waals surface area contributed by atoms with Crippen LogP contribution in [0.25, 0.3) is 6.08 Å². The summed E-state index contributed by atoms with van der Waals surface area (Å²) in [6.45, 7) is 3.65. The van der Waals surface area contributed by atoms with E-state index < -0.39 is 5.97 Å². The monoisotopic (exact) mass is 292 g/mol. The number of halogens is 1. The minimum absolute atomic E-state index is 0.311. The lowest BCUT2D eigenvalue weighted by molar-refractivity contribution is -0.131. The lowest BCUT2D eigenvalue weighted by Crippen LogP contribution is -2.34. The van der Waals surface area contributed by atoms with Crippen LogP contribution in [0.15, 0.2) is 24.3 Å². The molecule has 1 N–H and O–H groups in total. The van der Waals surface area contributed by atoms with E-state index in [0.717, 1.165) is 19.2 Å². The van der Waals surface area contributed by atoms with Gasteiger partial charge in [0, 0.05) is 30.8 Å². The summed E-state index contributed by atoms with van der Waals surface area (Å²) in [5, 5.41) is 8.76.